The highest BCUT2D eigenvalue weighted by Gasteiger charge is 2.04. The van der Waals surface area contributed by atoms with Gasteiger partial charge < -0.3 is 4.74 Å². The average molecular weight is 213 g/mol. The summed E-state index contributed by atoms with van der Waals surface area (Å²) >= 11 is 2.31. The summed E-state index contributed by atoms with van der Waals surface area (Å²) in [6.07, 6.45) is 0. The summed E-state index contributed by atoms with van der Waals surface area (Å²) < 4.78 is 7.33. The van der Waals surface area contributed by atoms with Crippen molar-refractivity contribution in [1.29, 1.82) is 0 Å². The SMILES string of the molecule is IN1CCOCC1. The minimum absolute atomic E-state index is 0.906. The molecule has 3 heteroatoms. The minimum Gasteiger partial charge on any atom is -0.379 e. The van der Waals surface area contributed by atoms with Crippen LogP contribution in [0.5, 0.6) is 0 Å². The molecule has 1 aliphatic heterocycles. The fourth-order valence-corrected chi connectivity index (χ4v) is 0.935. The van der Waals surface area contributed by atoms with E-state index in [2.05, 4.69) is 26.0 Å². The summed E-state index contributed by atoms with van der Waals surface area (Å²) in [5.41, 5.74) is 0. The maximum Gasteiger partial charge on any atom is 0.0602 e. The second-order valence-corrected chi connectivity index (χ2v) is 2.89. The Balaban J connectivity index is 2.12. The van der Waals surface area contributed by atoms with Crippen molar-refractivity contribution < 1.29 is 4.74 Å². The normalized spacial score (nSPS) is 25.3. The number of morpholine rings is 1. The summed E-state index contributed by atoms with van der Waals surface area (Å²) in [4.78, 5) is 0. The van der Waals surface area contributed by atoms with E-state index in [-0.39, 0.29) is 0 Å². The van der Waals surface area contributed by atoms with E-state index in [1.807, 2.05) is 0 Å². The van der Waals surface area contributed by atoms with Crippen LogP contribution in [0.1, 0.15) is 0 Å². The molecule has 0 N–H and O–H groups in total. The van der Waals surface area contributed by atoms with Gasteiger partial charge >= 0.3 is 0 Å². The van der Waals surface area contributed by atoms with Crippen LogP contribution in [-0.2, 0) is 4.74 Å². The summed E-state index contributed by atoms with van der Waals surface area (Å²) in [7, 11) is 0. The highest BCUT2D eigenvalue weighted by atomic mass is 127. The Morgan fingerprint density at radius 2 is 1.86 bits per heavy atom. The van der Waals surface area contributed by atoms with Gasteiger partial charge in [-0.3, -0.25) is 0 Å². The molecule has 0 saturated carbocycles. The molecule has 42 valence electrons. The van der Waals surface area contributed by atoms with E-state index >= 15 is 0 Å². The zero-order valence-corrected chi connectivity index (χ0v) is 6.22. The van der Waals surface area contributed by atoms with Gasteiger partial charge in [-0.25, -0.2) is 3.11 Å². The average Bonchev–Trinajstić information content (AvgIpc) is 1.69. The first-order valence-corrected chi connectivity index (χ1v) is 3.34. The van der Waals surface area contributed by atoms with E-state index in [9.17, 15) is 0 Å². The van der Waals surface area contributed by atoms with E-state index in [0.717, 1.165) is 26.3 Å². The number of hydrogen-bond acceptors (Lipinski definition) is 2. The highest BCUT2D eigenvalue weighted by Crippen LogP contribution is 2.01. The molecule has 1 aliphatic rings. The molecule has 0 aromatic carbocycles. The van der Waals surface area contributed by atoms with Crippen LogP contribution in [0.3, 0.4) is 0 Å². The lowest BCUT2D eigenvalue weighted by atomic mass is 10.5. The monoisotopic (exact) mass is 213 g/mol. The molecule has 1 heterocycles. The van der Waals surface area contributed by atoms with E-state index in [1.165, 1.54) is 0 Å². The molecule has 0 spiro atoms. The van der Waals surface area contributed by atoms with Crippen molar-refractivity contribution in [3.63, 3.8) is 0 Å². The number of nitrogens with zero attached hydrogens (tertiary/aromatic N) is 1. The Morgan fingerprint density at radius 3 is 2.14 bits per heavy atom. The van der Waals surface area contributed by atoms with Gasteiger partial charge in [0.05, 0.1) is 13.2 Å². The molecule has 1 fully saturated rings. The first-order chi connectivity index (χ1) is 3.39. The third kappa shape index (κ3) is 1.92. The predicted molar refractivity (Wildman–Crippen MR) is 36.4 cm³/mol. The summed E-state index contributed by atoms with van der Waals surface area (Å²) in [6, 6.07) is 0. The molecule has 2 nitrogen and oxygen atoms in total. The number of ether oxygens (including phenoxy) is 1. The molecule has 0 aliphatic carbocycles. The van der Waals surface area contributed by atoms with Gasteiger partial charge in [-0.05, 0) is 0 Å². The topological polar surface area (TPSA) is 12.5 Å². The van der Waals surface area contributed by atoms with Gasteiger partial charge in [0.2, 0.25) is 0 Å². The number of halogens is 1. The van der Waals surface area contributed by atoms with Crippen molar-refractivity contribution >= 4 is 22.9 Å². The lowest BCUT2D eigenvalue weighted by molar-refractivity contribution is 0.0836. The lowest BCUT2D eigenvalue weighted by Crippen LogP contribution is -2.28. The molecule has 0 atom stereocenters. The van der Waals surface area contributed by atoms with Crippen LogP contribution in [0.15, 0.2) is 0 Å². The molecule has 0 aromatic heterocycles. The Kier molecular flexibility index (Phi) is 2.34. The second-order valence-electron chi connectivity index (χ2n) is 1.52. The number of rotatable bonds is 0. The van der Waals surface area contributed by atoms with Crippen LogP contribution in [-0.4, -0.2) is 29.4 Å². The van der Waals surface area contributed by atoms with E-state index < -0.39 is 0 Å². The van der Waals surface area contributed by atoms with Gasteiger partial charge in [-0.1, -0.05) is 0 Å². The molecule has 0 unspecified atom stereocenters. The zero-order valence-electron chi connectivity index (χ0n) is 4.06. The van der Waals surface area contributed by atoms with Crippen LogP contribution < -0.4 is 0 Å². The molecule has 0 aromatic rings. The lowest BCUT2D eigenvalue weighted by Gasteiger charge is -2.19. The zero-order chi connectivity index (χ0) is 5.11. The first kappa shape index (κ1) is 5.78. The van der Waals surface area contributed by atoms with E-state index in [4.69, 9.17) is 4.74 Å². The molecule has 1 rings (SSSR count). The van der Waals surface area contributed by atoms with Crippen molar-refractivity contribution in [1.82, 2.24) is 3.11 Å². The van der Waals surface area contributed by atoms with E-state index in [1.54, 1.807) is 0 Å². The maximum atomic E-state index is 5.09. The summed E-state index contributed by atoms with van der Waals surface area (Å²) in [6.45, 7) is 3.98. The first-order valence-electron chi connectivity index (χ1n) is 2.38. The quantitative estimate of drug-likeness (QED) is 0.433. The number of hydrogen-bond donors (Lipinski definition) is 0. The minimum atomic E-state index is 0.906. The van der Waals surface area contributed by atoms with Crippen LogP contribution in [0.4, 0.5) is 0 Å². The Bertz CT molecular complexity index is 53.7. The van der Waals surface area contributed by atoms with Crippen LogP contribution in [0, 0.1) is 0 Å². The third-order valence-corrected chi connectivity index (χ3v) is 1.92. The Hall–Kier alpha value is 0.650. The van der Waals surface area contributed by atoms with Gasteiger partial charge in [0, 0.05) is 36.0 Å². The van der Waals surface area contributed by atoms with Crippen LogP contribution in [0.25, 0.3) is 0 Å². The van der Waals surface area contributed by atoms with Crippen molar-refractivity contribution in [2.45, 2.75) is 0 Å². The van der Waals surface area contributed by atoms with Gasteiger partial charge in [-0.15, -0.1) is 0 Å². The van der Waals surface area contributed by atoms with E-state index in [0.29, 0.717) is 0 Å². The van der Waals surface area contributed by atoms with Crippen LogP contribution in [0.2, 0.25) is 0 Å². The van der Waals surface area contributed by atoms with Gasteiger partial charge in [0.1, 0.15) is 0 Å². The fraction of sp³-hybridized carbons (Fsp3) is 1.00. The van der Waals surface area contributed by atoms with Gasteiger partial charge in [-0.2, -0.15) is 0 Å². The summed E-state index contributed by atoms with van der Waals surface area (Å²) in [5, 5.41) is 0. The van der Waals surface area contributed by atoms with Gasteiger partial charge in [0.15, 0.2) is 0 Å². The molecular weight excluding hydrogens is 205 g/mol. The largest absolute Gasteiger partial charge is 0.379 e. The molecule has 1 saturated heterocycles. The molecular formula is C4H8INO. The standard InChI is InChI=1S/C4H8INO/c5-6-1-3-7-4-2-6/h1-4H2. The summed E-state index contributed by atoms with van der Waals surface area (Å²) in [5.74, 6) is 0. The molecule has 0 amide bonds. The smallest absolute Gasteiger partial charge is 0.0602 e. The molecule has 0 bridgehead atoms. The van der Waals surface area contributed by atoms with Gasteiger partial charge in [0.25, 0.3) is 0 Å². The molecule has 0 radical (unpaired) electrons. The maximum absolute atomic E-state index is 5.09. The fourth-order valence-electron chi connectivity index (χ4n) is 0.541. The van der Waals surface area contributed by atoms with Crippen molar-refractivity contribution in [2.24, 2.45) is 0 Å². The molecule has 7 heavy (non-hydrogen) atoms. The van der Waals surface area contributed by atoms with Crippen LogP contribution >= 0.6 is 22.9 Å². The Labute approximate surface area is 57.3 Å². The highest BCUT2D eigenvalue weighted by molar-refractivity contribution is 14.1. The van der Waals surface area contributed by atoms with Crippen molar-refractivity contribution in [2.75, 3.05) is 26.3 Å². The third-order valence-electron chi connectivity index (χ3n) is 0.957. The predicted octanol–water partition coefficient (Wildman–Crippen LogP) is 0.669. The Morgan fingerprint density at radius 1 is 1.29 bits per heavy atom. The second kappa shape index (κ2) is 2.84. The van der Waals surface area contributed by atoms with Crippen molar-refractivity contribution in [3.8, 4) is 0 Å². The van der Waals surface area contributed by atoms with Crippen molar-refractivity contribution in [3.05, 3.63) is 0 Å².